The van der Waals surface area contributed by atoms with Crippen molar-refractivity contribution in [2.75, 3.05) is 5.73 Å². The number of aromatic nitrogens is 3. The third kappa shape index (κ3) is 4.10. The van der Waals surface area contributed by atoms with Gasteiger partial charge in [-0.1, -0.05) is 23.4 Å². The van der Waals surface area contributed by atoms with Crippen LogP contribution in [0.4, 0.5) is 10.2 Å². The number of aryl methyl sites for hydroxylation is 1. The van der Waals surface area contributed by atoms with Crippen molar-refractivity contribution in [3.63, 3.8) is 0 Å². The van der Waals surface area contributed by atoms with Crippen molar-refractivity contribution in [3.05, 3.63) is 77.3 Å². The van der Waals surface area contributed by atoms with E-state index in [0.29, 0.717) is 28.5 Å². The summed E-state index contributed by atoms with van der Waals surface area (Å²) in [7, 11) is 0. The lowest BCUT2D eigenvalue weighted by atomic mass is 10.2. The molecular formula is C18H17FN6O. The standard InChI is InChI=1S/C18H17FN6O/c1-11-8-17(21)24-18(23-11)14(20)9-16(15-6-7-26-25-15)22-10-12-4-2-3-5-13(12)19/h2-9H,10,20H2,1H3,(H2,21,23,24). The van der Waals surface area contributed by atoms with Crippen LogP contribution in [0, 0.1) is 12.7 Å². The van der Waals surface area contributed by atoms with Gasteiger partial charge in [0.05, 0.1) is 18.0 Å². The summed E-state index contributed by atoms with van der Waals surface area (Å²) in [4.78, 5) is 12.8. The number of hydrogen-bond donors (Lipinski definition) is 2. The molecule has 3 aromatic rings. The van der Waals surface area contributed by atoms with Crippen molar-refractivity contribution in [2.45, 2.75) is 13.5 Å². The van der Waals surface area contributed by atoms with Crippen LogP contribution < -0.4 is 11.5 Å². The van der Waals surface area contributed by atoms with Crippen molar-refractivity contribution in [1.82, 2.24) is 15.1 Å². The molecule has 2 aromatic heterocycles. The van der Waals surface area contributed by atoms with Gasteiger partial charge in [0.2, 0.25) is 0 Å². The first-order valence-electron chi connectivity index (χ1n) is 7.80. The zero-order chi connectivity index (χ0) is 18.5. The van der Waals surface area contributed by atoms with Gasteiger partial charge in [-0.3, -0.25) is 4.99 Å². The largest absolute Gasteiger partial charge is 0.396 e. The van der Waals surface area contributed by atoms with Crippen molar-refractivity contribution < 1.29 is 8.91 Å². The molecule has 0 fully saturated rings. The van der Waals surface area contributed by atoms with E-state index < -0.39 is 0 Å². The molecule has 4 N–H and O–H groups in total. The van der Waals surface area contributed by atoms with E-state index in [2.05, 4.69) is 20.1 Å². The van der Waals surface area contributed by atoms with Crippen LogP contribution >= 0.6 is 0 Å². The lowest BCUT2D eigenvalue weighted by Gasteiger charge is -2.05. The van der Waals surface area contributed by atoms with Crippen LogP contribution in [0.2, 0.25) is 0 Å². The molecule has 0 saturated heterocycles. The van der Waals surface area contributed by atoms with Gasteiger partial charge in [0.25, 0.3) is 0 Å². The second-order valence-electron chi connectivity index (χ2n) is 5.54. The van der Waals surface area contributed by atoms with Gasteiger partial charge < -0.3 is 16.0 Å². The van der Waals surface area contributed by atoms with Crippen LogP contribution in [0.1, 0.15) is 22.8 Å². The highest BCUT2D eigenvalue weighted by Crippen LogP contribution is 2.12. The van der Waals surface area contributed by atoms with E-state index in [1.807, 2.05) is 0 Å². The fourth-order valence-electron chi connectivity index (χ4n) is 2.28. The highest BCUT2D eigenvalue weighted by atomic mass is 19.1. The number of nitrogens with two attached hydrogens (primary N) is 2. The van der Waals surface area contributed by atoms with E-state index in [4.69, 9.17) is 16.0 Å². The van der Waals surface area contributed by atoms with Gasteiger partial charge in [0.1, 0.15) is 23.6 Å². The summed E-state index contributed by atoms with van der Waals surface area (Å²) in [6.45, 7) is 1.91. The Morgan fingerprint density at radius 2 is 2.08 bits per heavy atom. The molecule has 0 spiro atoms. The zero-order valence-electron chi connectivity index (χ0n) is 14.1. The lowest BCUT2D eigenvalue weighted by Crippen LogP contribution is -2.09. The molecule has 132 valence electrons. The Morgan fingerprint density at radius 3 is 2.77 bits per heavy atom. The molecule has 0 bridgehead atoms. The molecule has 3 rings (SSSR count). The predicted octanol–water partition coefficient (Wildman–Crippen LogP) is 2.48. The highest BCUT2D eigenvalue weighted by molar-refractivity contribution is 6.10. The second-order valence-corrected chi connectivity index (χ2v) is 5.54. The summed E-state index contributed by atoms with van der Waals surface area (Å²) in [5.74, 6) is 0.266. The number of nitrogens with zero attached hydrogens (tertiary/aromatic N) is 4. The van der Waals surface area contributed by atoms with Crippen molar-refractivity contribution in [3.8, 4) is 0 Å². The Kier molecular flexibility index (Phi) is 5.02. The molecule has 0 amide bonds. The first-order chi connectivity index (χ1) is 12.5. The van der Waals surface area contributed by atoms with Gasteiger partial charge in [0.15, 0.2) is 5.82 Å². The van der Waals surface area contributed by atoms with Crippen LogP contribution in [-0.2, 0) is 6.54 Å². The maximum absolute atomic E-state index is 13.8. The molecule has 0 aliphatic rings. The van der Waals surface area contributed by atoms with E-state index in [1.165, 1.54) is 12.3 Å². The summed E-state index contributed by atoms with van der Waals surface area (Å²) in [6, 6.07) is 9.69. The van der Waals surface area contributed by atoms with E-state index in [-0.39, 0.29) is 23.9 Å². The highest BCUT2D eigenvalue weighted by Gasteiger charge is 2.10. The van der Waals surface area contributed by atoms with Gasteiger partial charge in [-0.2, -0.15) is 0 Å². The van der Waals surface area contributed by atoms with Crippen LogP contribution in [-0.4, -0.2) is 20.8 Å². The third-order valence-corrected chi connectivity index (χ3v) is 3.50. The Balaban J connectivity index is 1.96. The average Bonchev–Trinajstić information content (AvgIpc) is 3.13. The number of hydrogen-bond acceptors (Lipinski definition) is 7. The molecule has 0 aliphatic carbocycles. The SMILES string of the molecule is Cc1cc(N)nc(C(N)=CC(=NCc2ccccc2F)c2ccon2)n1. The van der Waals surface area contributed by atoms with Crippen LogP contribution in [0.15, 0.2) is 58.3 Å². The van der Waals surface area contributed by atoms with Crippen LogP contribution in [0.5, 0.6) is 0 Å². The van der Waals surface area contributed by atoms with E-state index >= 15 is 0 Å². The fourth-order valence-corrected chi connectivity index (χ4v) is 2.28. The van der Waals surface area contributed by atoms with Gasteiger partial charge >= 0.3 is 0 Å². The normalized spacial score (nSPS) is 12.4. The molecule has 8 heteroatoms. The topological polar surface area (TPSA) is 116 Å². The minimum atomic E-state index is -0.331. The number of benzene rings is 1. The third-order valence-electron chi connectivity index (χ3n) is 3.50. The monoisotopic (exact) mass is 352 g/mol. The van der Waals surface area contributed by atoms with Crippen LogP contribution in [0.3, 0.4) is 0 Å². The first-order valence-corrected chi connectivity index (χ1v) is 7.80. The predicted molar refractivity (Wildman–Crippen MR) is 96.5 cm³/mol. The summed E-state index contributed by atoms with van der Waals surface area (Å²) in [6.07, 6.45) is 2.98. The molecule has 1 aromatic carbocycles. The van der Waals surface area contributed by atoms with Crippen molar-refractivity contribution in [1.29, 1.82) is 0 Å². The summed E-state index contributed by atoms with van der Waals surface area (Å²) >= 11 is 0. The number of nitrogen functional groups attached to an aromatic ring is 1. The van der Waals surface area contributed by atoms with Crippen molar-refractivity contribution in [2.24, 2.45) is 10.7 Å². The first kappa shape index (κ1) is 17.3. The molecule has 0 unspecified atom stereocenters. The molecule has 0 saturated carbocycles. The number of aliphatic imine (C=N–C) groups is 1. The minimum absolute atomic E-state index is 0.120. The van der Waals surface area contributed by atoms with Crippen LogP contribution in [0.25, 0.3) is 5.70 Å². The Bertz CT molecular complexity index is 945. The molecule has 0 atom stereocenters. The quantitative estimate of drug-likeness (QED) is 0.682. The second kappa shape index (κ2) is 7.56. The maximum Gasteiger partial charge on any atom is 0.177 e. The van der Waals surface area contributed by atoms with Gasteiger partial charge in [0, 0.05) is 23.4 Å². The number of rotatable bonds is 5. The Hall–Kier alpha value is -3.55. The number of allylic oxidation sites excluding steroid dienone is 1. The molecule has 7 nitrogen and oxygen atoms in total. The zero-order valence-corrected chi connectivity index (χ0v) is 14.1. The van der Waals surface area contributed by atoms with E-state index in [1.54, 1.807) is 43.3 Å². The van der Waals surface area contributed by atoms with Gasteiger partial charge in [-0.05, 0) is 19.1 Å². The summed E-state index contributed by atoms with van der Waals surface area (Å²) in [5.41, 5.74) is 14.1. The maximum atomic E-state index is 13.8. The Labute approximate surface area is 149 Å². The van der Waals surface area contributed by atoms with E-state index in [9.17, 15) is 4.39 Å². The molecule has 2 heterocycles. The number of anilines is 1. The smallest absolute Gasteiger partial charge is 0.177 e. The summed E-state index contributed by atoms with van der Waals surface area (Å²) in [5, 5.41) is 3.87. The Morgan fingerprint density at radius 1 is 1.27 bits per heavy atom. The fraction of sp³-hybridized carbons (Fsp3) is 0.111. The number of halogens is 1. The molecule has 0 radical (unpaired) electrons. The van der Waals surface area contributed by atoms with E-state index in [0.717, 1.165) is 0 Å². The molecular weight excluding hydrogens is 335 g/mol. The lowest BCUT2D eigenvalue weighted by molar-refractivity contribution is 0.418. The van der Waals surface area contributed by atoms with Gasteiger partial charge in [-0.15, -0.1) is 0 Å². The molecule has 26 heavy (non-hydrogen) atoms. The summed E-state index contributed by atoms with van der Waals surface area (Å²) < 4.78 is 18.7. The average molecular weight is 352 g/mol. The van der Waals surface area contributed by atoms with Gasteiger partial charge in [-0.25, -0.2) is 14.4 Å². The van der Waals surface area contributed by atoms with Crippen molar-refractivity contribution >= 4 is 17.2 Å². The minimum Gasteiger partial charge on any atom is -0.396 e. The molecule has 0 aliphatic heterocycles.